The Balaban J connectivity index is 1.76. The van der Waals surface area contributed by atoms with Crippen molar-refractivity contribution in [3.05, 3.63) is 42.0 Å². The molecular weight excluding hydrogens is 250 g/mol. The predicted molar refractivity (Wildman–Crippen MR) is 81.0 cm³/mol. The normalized spacial score (nSPS) is 20.4. The average molecular weight is 271 g/mol. The third kappa shape index (κ3) is 2.65. The van der Waals surface area contributed by atoms with E-state index >= 15 is 0 Å². The topological polar surface area (TPSA) is 41.5 Å². The van der Waals surface area contributed by atoms with Crippen molar-refractivity contribution in [2.45, 2.75) is 19.4 Å². The molecule has 0 amide bonds. The smallest absolute Gasteiger partial charge is 0.128 e. The number of phenolic OH excluding ortho intramolecular Hbond substituents is 1. The molecule has 106 valence electrons. The first-order valence-corrected chi connectivity index (χ1v) is 7.27. The van der Waals surface area contributed by atoms with Gasteiger partial charge in [-0.15, -0.1) is 0 Å². The van der Waals surface area contributed by atoms with Crippen molar-refractivity contribution in [3.63, 3.8) is 0 Å². The van der Waals surface area contributed by atoms with Crippen LogP contribution in [0.15, 0.2) is 36.4 Å². The Morgan fingerprint density at radius 3 is 2.95 bits per heavy atom. The van der Waals surface area contributed by atoms with Crippen LogP contribution in [0.25, 0.3) is 10.8 Å². The lowest BCUT2D eigenvalue weighted by Gasteiger charge is -2.18. The summed E-state index contributed by atoms with van der Waals surface area (Å²) < 4.78 is 5.39. The van der Waals surface area contributed by atoms with Crippen molar-refractivity contribution in [3.8, 4) is 5.75 Å². The molecule has 0 aliphatic carbocycles. The summed E-state index contributed by atoms with van der Waals surface area (Å²) in [4.78, 5) is 0. The van der Waals surface area contributed by atoms with Gasteiger partial charge in [0.2, 0.25) is 0 Å². The highest BCUT2D eigenvalue weighted by Gasteiger charge is 2.18. The number of aromatic hydroxyl groups is 1. The molecule has 20 heavy (non-hydrogen) atoms. The van der Waals surface area contributed by atoms with Crippen molar-refractivity contribution in [2.75, 3.05) is 19.8 Å². The first kappa shape index (κ1) is 13.4. The highest BCUT2D eigenvalue weighted by molar-refractivity contribution is 5.89. The number of fused-ring (bicyclic) bond motifs is 1. The first-order chi connectivity index (χ1) is 9.75. The van der Waals surface area contributed by atoms with E-state index in [2.05, 4.69) is 18.3 Å². The largest absolute Gasteiger partial charge is 0.507 e. The van der Waals surface area contributed by atoms with Gasteiger partial charge in [-0.3, -0.25) is 0 Å². The summed E-state index contributed by atoms with van der Waals surface area (Å²) in [5.74, 6) is 0.992. The summed E-state index contributed by atoms with van der Waals surface area (Å²) in [6.07, 6.45) is 1.13. The summed E-state index contributed by atoms with van der Waals surface area (Å²) in [6, 6.07) is 12.2. The third-order valence-corrected chi connectivity index (χ3v) is 4.14. The maximum absolute atomic E-state index is 10.4. The van der Waals surface area contributed by atoms with Gasteiger partial charge >= 0.3 is 0 Å². The van der Waals surface area contributed by atoms with Gasteiger partial charge in [-0.05, 0) is 24.6 Å². The molecule has 0 saturated carbocycles. The molecule has 1 saturated heterocycles. The van der Waals surface area contributed by atoms with Crippen LogP contribution in [0.3, 0.4) is 0 Å². The second-order valence-corrected chi connectivity index (χ2v) is 5.58. The van der Waals surface area contributed by atoms with Crippen LogP contribution in [0.1, 0.15) is 24.9 Å². The number of phenols is 1. The first-order valence-electron chi connectivity index (χ1n) is 7.27. The lowest BCUT2D eigenvalue weighted by molar-refractivity contribution is 0.184. The molecule has 0 bridgehead atoms. The zero-order valence-electron chi connectivity index (χ0n) is 11.8. The zero-order valence-corrected chi connectivity index (χ0v) is 11.8. The summed E-state index contributed by atoms with van der Waals surface area (Å²) in [6.45, 7) is 4.76. The molecule has 1 fully saturated rings. The molecule has 2 aromatic rings. The van der Waals surface area contributed by atoms with Gasteiger partial charge < -0.3 is 15.2 Å². The van der Waals surface area contributed by atoms with Gasteiger partial charge in [-0.2, -0.15) is 0 Å². The standard InChI is InChI=1S/C17H21NO2/c1-12(18-10-13-8-9-20-11-13)15-7-6-14-4-2-3-5-16(14)17(15)19/h2-7,12-13,18-19H,8-11H2,1H3. The molecule has 3 nitrogen and oxygen atoms in total. The Morgan fingerprint density at radius 1 is 1.30 bits per heavy atom. The van der Waals surface area contributed by atoms with Gasteiger partial charge in [0, 0.05) is 30.1 Å². The van der Waals surface area contributed by atoms with E-state index in [0.717, 1.165) is 42.5 Å². The fourth-order valence-corrected chi connectivity index (χ4v) is 2.82. The molecule has 2 aromatic carbocycles. The molecule has 2 unspecified atom stereocenters. The minimum atomic E-state index is 0.139. The predicted octanol–water partition coefficient (Wildman–Crippen LogP) is 3.23. The molecule has 3 rings (SSSR count). The number of hydrogen-bond donors (Lipinski definition) is 2. The molecule has 2 atom stereocenters. The number of hydrogen-bond acceptors (Lipinski definition) is 3. The van der Waals surface area contributed by atoms with Gasteiger partial charge in [0.15, 0.2) is 0 Å². The van der Waals surface area contributed by atoms with E-state index in [1.54, 1.807) is 0 Å². The highest BCUT2D eigenvalue weighted by Crippen LogP contribution is 2.32. The number of nitrogens with one attached hydrogen (secondary N) is 1. The molecule has 0 spiro atoms. The second kappa shape index (κ2) is 5.81. The molecule has 1 aliphatic heterocycles. The summed E-state index contributed by atoms with van der Waals surface area (Å²) in [5, 5.41) is 15.9. The van der Waals surface area contributed by atoms with E-state index in [9.17, 15) is 5.11 Å². The van der Waals surface area contributed by atoms with E-state index in [1.165, 1.54) is 0 Å². The molecule has 3 heteroatoms. The van der Waals surface area contributed by atoms with Crippen molar-refractivity contribution >= 4 is 10.8 Å². The van der Waals surface area contributed by atoms with Crippen molar-refractivity contribution in [1.82, 2.24) is 5.32 Å². The summed E-state index contributed by atoms with van der Waals surface area (Å²) >= 11 is 0. The fraction of sp³-hybridized carbons (Fsp3) is 0.412. The Morgan fingerprint density at radius 2 is 2.15 bits per heavy atom. The van der Waals surface area contributed by atoms with Gasteiger partial charge in [0.05, 0.1) is 6.61 Å². The second-order valence-electron chi connectivity index (χ2n) is 5.58. The SMILES string of the molecule is CC(NCC1CCOC1)c1ccc2ccccc2c1O. The summed E-state index contributed by atoms with van der Waals surface area (Å²) in [5.41, 5.74) is 0.961. The third-order valence-electron chi connectivity index (χ3n) is 4.14. The van der Waals surface area contributed by atoms with Crippen LogP contribution in [0.4, 0.5) is 0 Å². The Bertz CT molecular complexity index is 591. The number of ether oxygens (including phenoxy) is 1. The maximum Gasteiger partial charge on any atom is 0.128 e. The Hall–Kier alpha value is -1.58. The fourth-order valence-electron chi connectivity index (χ4n) is 2.82. The van der Waals surface area contributed by atoms with Crippen LogP contribution in [0.5, 0.6) is 5.75 Å². The van der Waals surface area contributed by atoms with Crippen LogP contribution in [-0.4, -0.2) is 24.9 Å². The van der Waals surface area contributed by atoms with E-state index in [-0.39, 0.29) is 6.04 Å². The van der Waals surface area contributed by atoms with Gasteiger partial charge in [-0.25, -0.2) is 0 Å². The zero-order chi connectivity index (χ0) is 13.9. The molecule has 1 heterocycles. The van der Waals surface area contributed by atoms with E-state index in [4.69, 9.17) is 4.74 Å². The van der Waals surface area contributed by atoms with E-state index in [1.807, 2.05) is 30.3 Å². The number of rotatable bonds is 4. The van der Waals surface area contributed by atoms with Crippen molar-refractivity contribution in [1.29, 1.82) is 0 Å². The number of benzene rings is 2. The van der Waals surface area contributed by atoms with Crippen LogP contribution in [0, 0.1) is 5.92 Å². The Kier molecular flexibility index (Phi) is 3.90. The van der Waals surface area contributed by atoms with Gasteiger partial charge in [-0.1, -0.05) is 36.4 Å². The van der Waals surface area contributed by atoms with Gasteiger partial charge in [0.25, 0.3) is 0 Å². The quantitative estimate of drug-likeness (QED) is 0.897. The average Bonchev–Trinajstić information content (AvgIpc) is 2.99. The van der Waals surface area contributed by atoms with Crippen LogP contribution in [-0.2, 0) is 4.74 Å². The molecular formula is C17H21NO2. The summed E-state index contributed by atoms with van der Waals surface area (Å²) in [7, 11) is 0. The van der Waals surface area contributed by atoms with E-state index < -0.39 is 0 Å². The van der Waals surface area contributed by atoms with E-state index in [0.29, 0.717) is 11.7 Å². The minimum Gasteiger partial charge on any atom is -0.507 e. The van der Waals surface area contributed by atoms with Crippen LogP contribution >= 0.6 is 0 Å². The minimum absolute atomic E-state index is 0.139. The van der Waals surface area contributed by atoms with Crippen molar-refractivity contribution in [2.24, 2.45) is 5.92 Å². The van der Waals surface area contributed by atoms with Crippen LogP contribution < -0.4 is 5.32 Å². The van der Waals surface area contributed by atoms with Crippen LogP contribution in [0.2, 0.25) is 0 Å². The van der Waals surface area contributed by atoms with Gasteiger partial charge in [0.1, 0.15) is 5.75 Å². The lowest BCUT2D eigenvalue weighted by atomic mass is 10.0. The maximum atomic E-state index is 10.4. The Labute approximate surface area is 119 Å². The monoisotopic (exact) mass is 271 g/mol. The molecule has 1 aliphatic rings. The van der Waals surface area contributed by atoms with Crippen molar-refractivity contribution < 1.29 is 9.84 Å². The molecule has 2 N–H and O–H groups in total. The lowest BCUT2D eigenvalue weighted by Crippen LogP contribution is -2.26. The molecule has 0 aromatic heterocycles. The molecule has 0 radical (unpaired) electrons. The highest BCUT2D eigenvalue weighted by atomic mass is 16.5.